The van der Waals surface area contributed by atoms with Gasteiger partial charge in [-0.1, -0.05) is 6.07 Å². The van der Waals surface area contributed by atoms with Crippen LogP contribution in [0.2, 0.25) is 0 Å². The van der Waals surface area contributed by atoms with Gasteiger partial charge in [0.25, 0.3) is 5.91 Å². The molecule has 2 aliphatic heterocycles. The molecule has 1 amide bonds. The molecule has 1 aromatic carbocycles. The van der Waals surface area contributed by atoms with E-state index in [0.29, 0.717) is 13.2 Å². The highest BCUT2D eigenvalue weighted by Crippen LogP contribution is 2.29. The quantitative estimate of drug-likeness (QED) is 0.714. The smallest absolute Gasteiger partial charge is 0.253 e. The van der Waals surface area contributed by atoms with Crippen molar-refractivity contribution in [1.29, 1.82) is 0 Å². The summed E-state index contributed by atoms with van der Waals surface area (Å²) in [4.78, 5) is 15.0. The molecule has 3 aromatic rings. The van der Waals surface area contributed by atoms with Gasteiger partial charge in [-0.15, -0.1) is 10.2 Å². The number of piperidine rings is 1. The lowest BCUT2D eigenvalue weighted by molar-refractivity contribution is 0.0704. The first-order valence-electron chi connectivity index (χ1n) is 9.14. The van der Waals surface area contributed by atoms with E-state index in [-0.39, 0.29) is 11.8 Å². The molecule has 0 N–H and O–H groups in total. The van der Waals surface area contributed by atoms with E-state index < -0.39 is 0 Å². The minimum Gasteiger partial charge on any atom is -0.493 e. The third kappa shape index (κ3) is 2.53. The highest BCUT2D eigenvalue weighted by molar-refractivity contribution is 5.94. The maximum atomic E-state index is 13.0. The summed E-state index contributed by atoms with van der Waals surface area (Å²) in [5.74, 6) is 2.16. The molecule has 26 heavy (non-hydrogen) atoms. The van der Waals surface area contributed by atoms with Crippen LogP contribution in [-0.2, 0) is 6.42 Å². The van der Waals surface area contributed by atoms with E-state index in [9.17, 15) is 4.79 Å². The van der Waals surface area contributed by atoms with Crippen LogP contribution < -0.4 is 4.74 Å². The van der Waals surface area contributed by atoms with Crippen LogP contribution in [0.1, 0.15) is 40.5 Å². The minimum absolute atomic E-state index is 0.0956. The molecule has 132 valence electrons. The van der Waals surface area contributed by atoms with Gasteiger partial charge in [-0.25, -0.2) is 0 Å². The summed E-state index contributed by atoms with van der Waals surface area (Å²) in [6, 6.07) is 11.7. The second-order valence-electron chi connectivity index (χ2n) is 7.00. The summed E-state index contributed by atoms with van der Waals surface area (Å²) in [5.41, 5.74) is 2.73. The van der Waals surface area contributed by atoms with Crippen LogP contribution in [0.4, 0.5) is 0 Å². The Morgan fingerprint density at radius 2 is 2.15 bits per heavy atom. The first-order valence-corrected chi connectivity index (χ1v) is 9.14. The van der Waals surface area contributed by atoms with Crippen LogP contribution in [0.3, 0.4) is 0 Å². The van der Waals surface area contributed by atoms with E-state index in [1.54, 1.807) is 0 Å². The summed E-state index contributed by atoms with van der Waals surface area (Å²) >= 11 is 0. The first kappa shape index (κ1) is 15.4. The Kier molecular flexibility index (Phi) is 3.62. The Morgan fingerprint density at radius 3 is 3.12 bits per heavy atom. The fourth-order valence-electron chi connectivity index (χ4n) is 4.01. The molecule has 2 aliphatic rings. The summed E-state index contributed by atoms with van der Waals surface area (Å²) in [6.45, 7) is 2.18. The summed E-state index contributed by atoms with van der Waals surface area (Å²) < 4.78 is 7.58. The molecule has 1 atom stereocenters. The predicted molar refractivity (Wildman–Crippen MR) is 96.5 cm³/mol. The molecule has 1 saturated heterocycles. The van der Waals surface area contributed by atoms with Crippen molar-refractivity contribution < 1.29 is 9.53 Å². The monoisotopic (exact) mass is 348 g/mol. The van der Waals surface area contributed by atoms with Gasteiger partial charge in [-0.3, -0.25) is 9.20 Å². The number of fused-ring (bicyclic) bond motifs is 2. The van der Waals surface area contributed by atoms with Crippen molar-refractivity contribution in [3.63, 3.8) is 0 Å². The Balaban J connectivity index is 1.39. The molecule has 6 heteroatoms. The van der Waals surface area contributed by atoms with Crippen molar-refractivity contribution in [2.45, 2.75) is 25.2 Å². The Morgan fingerprint density at radius 1 is 1.19 bits per heavy atom. The number of aromatic nitrogens is 3. The molecule has 6 nitrogen and oxygen atoms in total. The van der Waals surface area contributed by atoms with Gasteiger partial charge >= 0.3 is 0 Å². The molecule has 0 bridgehead atoms. The van der Waals surface area contributed by atoms with Crippen LogP contribution in [0.15, 0.2) is 42.6 Å². The second kappa shape index (κ2) is 6.12. The van der Waals surface area contributed by atoms with Crippen molar-refractivity contribution in [1.82, 2.24) is 19.5 Å². The maximum Gasteiger partial charge on any atom is 0.253 e. The zero-order valence-electron chi connectivity index (χ0n) is 14.5. The molecule has 0 saturated carbocycles. The van der Waals surface area contributed by atoms with Crippen molar-refractivity contribution in [2.75, 3.05) is 19.7 Å². The molecule has 5 rings (SSSR count). The van der Waals surface area contributed by atoms with Gasteiger partial charge in [0, 0.05) is 37.2 Å². The molecular weight excluding hydrogens is 328 g/mol. The molecule has 4 heterocycles. The summed E-state index contributed by atoms with van der Waals surface area (Å²) in [5, 5.41) is 8.65. The van der Waals surface area contributed by atoms with Crippen LogP contribution >= 0.6 is 0 Å². The highest BCUT2D eigenvalue weighted by atomic mass is 16.5. The number of hydrogen-bond donors (Lipinski definition) is 0. The largest absolute Gasteiger partial charge is 0.493 e. The van der Waals surface area contributed by atoms with Crippen molar-refractivity contribution >= 4 is 11.6 Å². The van der Waals surface area contributed by atoms with Crippen LogP contribution in [-0.4, -0.2) is 45.1 Å². The lowest BCUT2D eigenvalue weighted by Gasteiger charge is -2.32. The number of carbonyl (C=O) groups is 1. The van der Waals surface area contributed by atoms with Crippen molar-refractivity contribution in [3.05, 3.63) is 59.5 Å². The molecule has 0 aliphatic carbocycles. The third-order valence-electron chi connectivity index (χ3n) is 5.35. The Hall–Kier alpha value is -2.89. The maximum absolute atomic E-state index is 13.0. The average Bonchev–Trinajstić information content (AvgIpc) is 3.33. The predicted octanol–water partition coefficient (Wildman–Crippen LogP) is 2.68. The van der Waals surface area contributed by atoms with E-state index in [1.165, 1.54) is 0 Å². The minimum atomic E-state index is 0.0956. The Bertz CT molecular complexity index is 981. The Labute approximate surface area is 151 Å². The zero-order valence-corrected chi connectivity index (χ0v) is 14.5. The van der Waals surface area contributed by atoms with E-state index in [1.807, 2.05) is 51.9 Å². The lowest BCUT2D eigenvalue weighted by Crippen LogP contribution is -2.39. The number of ether oxygens (including phenoxy) is 1. The van der Waals surface area contributed by atoms with Crippen molar-refractivity contribution in [3.8, 4) is 5.75 Å². The number of likely N-dealkylation sites (tertiary alicyclic amines) is 1. The van der Waals surface area contributed by atoms with E-state index in [4.69, 9.17) is 4.74 Å². The molecule has 2 aromatic heterocycles. The molecular formula is C20H20N4O2. The normalized spacial score (nSPS) is 19.4. The fourth-order valence-corrected chi connectivity index (χ4v) is 4.01. The fraction of sp³-hybridized carbons (Fsp3) is 0.350. The van der Waals surface area contributed by atoms with Crippen molar-refractivity contribution in [2.24, 2.45) is 0 Å². The molecule has 0 radical (unpaired) electrons. The molecule has 0 spiro atoms. The second-order valence-corrected chi connectivity index (χ2v) is 7.00. The SMILES string of the molecule is O=C(c1ccc2c(c1)CCO2)N1CCCC(c2nnc3ccccn23)C1. The standard InChI is InChI=1S/C20H20N4O2/c25-20(15-6-7-17-14(12-15)8-11-26-17)23-9-3-4-16(13-23)19-22-21-18-5-1-2-10-24(18)19/h1-2,5-7,10,12,16H,3-4,8-9,11,13H2. The van der Waals surface area contributed by atoms with E-state index in [0.717, 1.165) is 54.2 Å². The lowest BCUT2D eigenvalue weighted by atomic mass is 9.96. The number of nitrogens with zero attached hydrogens (tertiary/aromatic N) is 4. The first-order chi connectivity index (χ1) is 12.8. The number of hydrogen-bond acceptors (Lipinski definition) is 4. The van der Waals surface area contributed by atoms with Gasteiger partial charge in [0.2, 0.25) is 0 Å². The number of pyridine rings is 1. The molecule has 1 unspecified atom stereocenters. The van der Waals surface area contributed by atoms with Crippen LogP contribution in [0.5, 0.6) is 5.75 Å². The van der Waals surface area contributed by atoms with Gasteiger partial charge in [0.15, 0.2) is 5.65 Å². The highest BCUT2D eigenvalue weighted by Gasteiger charge is 2.29. The third-order valence-corrected chi connectivity index (χ3v) is 5.35. The number of carbonyl (C=O) groups excluding carboxylic acids is 1. The van der Waals surface area contributed by atoms with Crippen LogP contribution in [0, 0.1) is 0 Å². The van der Waals surface area contributed by atoms with Gasteiger partial charge in [0.1, 0.15) is 11.6 Å². The zero-order chi connectivity index (χ0) is 17.5. The molecule has 1 fully saturated rings. The number of benzene rings is 1. The topological polar surface area (TPSA) is 59.7 Å². The summed E-state index contributed by atoms with van der Waals surface area (Å²) in [7, 11) is 0. The number of amides is 1. The summed E-state index contributed by atoms with van der Waals surface area (Å²) in [6.07, 6.45) is 4.88. The van der Waals surface area contributed by atoms with Gasteiger partial charge in [-0.05, 0) is 48.7 Å². The van der Waals surface area contributed by atoms with Gasteiger partial charge in [0.05, 0.1) is 6.61 Å². The number of rotatable bonds is 2. The average molecular weight is 348 g/mol. The van der Waals surface area contributed by atoms with Crippen LogP contribution in [0.25, 0.3) is 5.65 Å². The van der Waals surface area contributed by atoms with Gasteiger partial charge in [-0.2, -0.15) is 0 Å². The van der Waals surface area contributed by atoms with Gasteiger partial charge < -0.3 is 9.64 Å². The van der Waals surface area contributed by atoms with E-state index >= 15 is 0 Å². The van der Waals surface area contributed by atoms with E-state index in [2.05, 4.69) is 10.2 Å².